The summed E-state index contributed by atoms with van der Waals surface area (Å²) in [5.74, 6) is 0.178. The minimum atomic E-state index is 0.00359. The lowest BCUT2D eigenvalue weighted by atomic mass is 10.5. The van der Waals surface area contributed by atoms with Crippen molar-refractivity contribution in [2.24, 2.45) is 0 Å². The molecule has 5 nitrogen and oxygen atoms in total. The number of nitrogens with zero attached hydrogens (tertiary/aromatic N) is 3. The van der Waals surface area contributed by atoms with Crippen molar-refractivity contribution in [2.45, 2.75) is 13.3 Å². The fraction of sp³-hybridized carbons (Fsp3) is 0.625. The average molecular weight is 252 g/mol. The van der Waals surface area contributed by atoms with Gasteiger partial charge in [0.05, 0.1) is 6.61 Å². The van der Waals surface area contributed by atoms with Crippen LogP contribution in [0.3, 0.4) is 0 Å². The molecule has 0 bridgehead atoms. The monoisotopic (exact) mass is 251 g/mol. The highest BCUT2D eigenvalue weighted by Gasteiger charge is 2.06. The summed E-state index contributed by atoms with van der Waals surface area (Å²) in [4.78, 5) is 3.77. The van der Waals surface area contributed by atoms with Gasteiger partial charge >= 0.3 is 0 Å². The van der Waals surface area contributed by atoms with E-state index in [1.54, 1.807) is 0 Å². The molecule has 0 spiro atoms. The Hall–Kier alpha value is -0.650. The van der Waals surface area contributed by atoms with E-state index in [0.29, 0.717) is 19.8 Å². The van der Waals surface area contributed by atoms with Gasteiger partial charge in [-0.05, 0) is 18.0 Å². The first-order chi connectivity index (χ1) is 7.24. The normalized spacial score (nSPS) is 10.3. The van der Waals surface area contributed by atoms with Crippen molar-refractivity contribution < 1.29 is 9.47 Å². The Kier molecular flexibility index (Phi) is 5.60. The Balaban J connectivity index is 2.33. The highest BCUT2D eigenvalue weighted by atomic mass is 35.5. The number of hydrogen-bond donors (Lipinski definition) is 0. The SMILES string of the molecule is CCCOCCOc1nc(Cl)nnc1Cl. The van der Waals surface area contributed by atoms with Gasteiger partial charge in [0.15, 0.2) is 0 Å². The largest absolute Gasteiger partial charge is 0.473 e. The fourth-order valence-electron chi connectivity index (χ4n) is 0.816. The van der Waals surface area contributed by atoms with Gasteiger partial charge in [0.2, 0.25) is 10.4 Å². The molecule has 1 aromatic heterocycles. The van der Waals surface area contributed by atoms with Gasteiger partial charge in [0, 0.05) is 6.61 Å². The molecule has 0 unspecified atom stereocenters. The van der Waals surface area contributed by atoms with Crippen LogP contribution in [-0.4, -0.2) is 35.0 Å². The van der Waals surface area contributed by atoms with Crippen LogP contribution >= 0.6 is 23.2 Å². The Morgan fingerprint density at radius 1 is 1.13 bits per heavy atom. The fourth-order valence-corrected chi connectivity index (χ4v) is 1.06. The van der Waals surface area contributed by atoms with E-state index in [0.717, 1.165) is 6.42 Å². The summed E-state index contributed by atoms with van der Waals surface area (Å²) in [5.41, 5.74) is 0. The summed E-state index contributed by atoms with van der Waals surface area (Å²) in [6, 6.07) is 0. The smallest absolute Gasteiger partial charge is 0.257 e. The van der Waals surface area contributed by atoms with Crippen LogP contribution < -0.4 is 4.74 Å². The molecule has 0 saturated heterocycles. The Bertz CT molecular complexity index is 312. The molecule has 15 heavy (non-hydrogen) atoms. The molecule has 0 aliphatic carbocycles. The summed E-state index contributed by atoms with van der Waals surface area (Å²) in [6.45, 7) is 3.58. The first kappa shape index (κ1) is 12.4. The molecule has 0 radical (unpaired) electrons. The minimum Gasteiger partial charge on any atom is -0.473 e. The topological polar surface area (TPSA) is 57.1 Å². The van der Waals surface area contributed by atoms with Crippen molar-refractivity contribution in [3.8, 4) is 5.88 Å². The third kappa shape index (κ3) is 4.59. The van der Waals surface area contributed by atoms with E-state index in [2.05, 4.69) is 15.2 Å². The zero-order valence-electron chi connectivity index (χ0n) is 8.24. The van der Waals surface area contributed by atoms with Gasteiger partial charge in [-0.1, -0.05) is 18.5 Å². The van der Waals surface area contributed by atoms with Crippen LogP contribution in [0.25, 0.3) is 0 Å². The zero-order valence-corrected chi connectivity index (χ0v) is 9.75. The molecule has 0 saturated carbocycles. The second kappa shape index (κ2) is 6.76. The van der Waals surface area contributed by atoms with Gasteiger partial charge in [0.1, 0.15) is 6.61 Å². The lowest BCUT2D eigenvalue weighted by Crippen LogP contribution is -2.09. The molecule has 0 amide bonds. The maximum atomic E-state index is 5.68. The Morgan fingerprint density at radius 3 is 2.67 bits per heavy atom. The number of rotatable bonds is 6. The van der Waals surface area contributed by atoms with Crippen LogP contribution in [0.15, 0.2) is 0 Å². The van der Waals surface area contributed by atoms with Gasteiger partial charge in [-0.25, -0.2) is 0 Å². The molecule has 0 aliphatic heterocycles. The van der Waals surface area contributed by atoms with Gasteiger partial charge in [-0.15, -0.1) is 10.2 Å². The van der Waals surface area contributed by atoms with E-state index in [1.807, 2.05) is 6.92 Å². The summed E-state index contributed by atoms with van der Waals surface area (Å²) in [7, 11) is 0. The lowest BCUT2D eigenvalue weighted by Gasteiger charge is -2.05. The van der Waals surface area contributed by atoms with Crippen LogP contribution in [0, 0.1) is 0 Å². The lowest BCUT2D eigenvalue weighted by molar-refractivity contribution is 0.0988. The van der Waals surface area contributed by atoms with E-state index >= 15 is 0 Å². The molecule has 1 heterocycles. The number of hydrogen-bond acceptors (Lipinski definition) is 5. The molecule has 0 N–H and O–H groups in total. The first-order valence-corrected chi connectivity index (χ1v) is 5.26. The van der Waals surface area contributed by atoms with E-state index in [1.165, 1.54) is 0 Å². The van der Waals surface area contributed by atoms with Crippen LogP contribution in [0.4, 0.5) is 0 Å². The molecule has 1 rings (SSSR count). The third-order valence-electron chi connectivity index (χ3n) is 1.41. The second-order valence-corrected chi connectivity index (χ2v) is 3.33. The standard InChI is InChI=1S/C8H11Cl2N3O2/c1-2-3-14-4-5-15-7-6(9)12-13-8(10)11-7/h2-5H2,1H3. The highest BCUT2D eigenvalue weighted by Crippen LogP contribution is 2.18. The average Bonchev–Trinajstić information content (AvgIpc) is 2.23. The summed E-state index contributed by atoms with van der Waals surface area (Å²) in [5, 5.41) is 7.10. The quantitative estimate of drug-likeness (QED) is 0.724. The summed E-state index contributed by atoms with van der Waals surface area (Å²) >= 11 is 11.2. The van der Waals surface area contributed by atoms with E-state index in [9.17, 15) is 0 Å². The molecule has 84 valence electrons. The molecule has 7 heteroatoms. The molecular formula is C8H11Cl2N3O2. The summed E-state index contributed by atoms with van der Waals surface area (Å²) in [6.07, 6.45) is 0.974. The van der Waals surface area contributed by atoms with Gasteiger partial charge in [-0.2, -0.15) is 4.98 Å². The van der Waals surface area contributed by atoms with Gasteiger partial charge in [-0.3, -0.25) is 0 Å². The van der Waals surface area contributed by atoms with Crippen LogP contribution in [0.2, 0.25) is 10.4 Å². The molecule has 0 fully saturated rings. The van der Waals surface area contributed by atoms with Crippen molar-refractivity contribution in [1.82, 2.24) is 15.2 Å². The van der Waals surface area contributed by atoms with Crippen molar-refractivity contribution in [2.75, 3.05) is 19.8 Å². The second-order valence-electron chi connectivity index (χ2n) is 2.64. The number of aromatic nitrogens is 3. The molecule has 1 aromatic rings. The molecule has 0 aliphatic rings. The van der Waals surface area contributed by atoms with Crippen molar-refractivity contribution in [3.05, 3.63) is 10.4 Å². The Morgan fingerprint density at radius 2 is 1.93 bits per heavy atom. The van der Waals surface area contributed by atoms with E-state index in [4.69, 9.17) is 32.7 Å². The van der Waals surface area contributed by atoms with Crippen molar-refractivity contribution >= 4 is 23.2 Å². The number of halogens is 2. The maximum absolute atomic E-state index is 5.68. The molecular weight excluding hydrogens is 241 g/mol. The predicted octanol–water partition coefficient (Wildman–Crippen LogP) is 1.98. The van der Waals surface area contributed by atoms with E-state index < -0.39 is 0 Å². The molecule has 0 atom stereocenters. The van der Waals surface area contributed by atoms with Crippen LogP contribution in [0.5, 0.6) is 5.88 Å². The van der Waals surface area contributed by atoms with Crippen LogP contribution in [-0.2, 0) is 4.74 Å². The van der Waals surface area contributed by atoms with Crippen molar-refractivity contribution in [1.29, 1.82) is 0 Å². The predicted molar refractivity (Wildman–Crippen MR) is 56.5 cm³/mol. The van der Waals surface area contributed by atoms with Crippen LogP contribution in [0.1, 0.15) is 13.3 Å². The first-order valence-electron chi connectivity index (χ1n) is 4.50. The zero-order chi connectivity index (χ0) is 11.1. The third-order valence-corrected chi connectivity index (χ3v) is 1.80. The minimum absolute atomic E-state index is 0.00359. The summed E-state index contributed by atoms with van der Waals surface area (Å²) < 4.78 is 10.4. The number of ether oxygens (including phenoxy) is 2. The van der Waals surface area contributed by atoms with Gasteiger partial charge in [0.25, 0.3) is 5.88 Å². The van der Waals surface area contributed by atoms with Gasteiger partial charge < -0.3 is 9.47 Å². The molecule has 0 aromatic carbocycles. The van der Waals surface area contributed by atoms with E-state index in [-0.39, 0.29) is 16.3 Å². The highest BCUT2D eigenvalue weighted by molar-refractivity contribution is 6.31. The van der Waals surface area contributed by atoms with Crippen molar-refractivity contribution in [3.63, 3.8) is 0 Å². The maximum Gasteiger partial charge on any atom is 0.257 e. The Labute approximate surface area is 97.7 Å².